The first-order valence-corrected chi connectivity index (χ1v) is 9.96. The zero-order chi connectivity index (χ0) is 20.8. The molecule has 1 aliphatic heterocycles. The van der Waals surface area contributed by atoms with Gasteiger partial charge in [-0.3, -0.25) is 19.3 Å². The number of ketones is 1. The lowest BCUT2D eigenvalue weighted by molar-refractivity contribution is -0.123. The van der Waals surface area contributed by atoms with Gasteiger partial charge in [0.05, 0.1) is 23.1 Å². The number of hydrogen-bond donors (Lipinski definition) is 0. The van der Waals surface area contributed by atoms with Crippen LogP contribution in [0.5, 0.6) is 0 Å². The van der Waals surface area contributed by atoms with Gasteiger partial charge in [0.15, 0.2) is 12.4 Å². The highest BCUT2D eigenvalue weighted by Crippen LogP contribution is 2.53. The molecular formula is C24H19NO5. The highest BCUT2D eigenvalue weighted by Gasteiger charge is 2.59. The molecule has 1 heterocycles. The van der Waals surface area contributed by atoms with Crippen LogP contribution < -0.4 is 4.90 Å². The van der Waals surface area contributed by atoms with Gasteiger partial charge in [0.25, 0.3) is 0 Å². The van der Waals surface area contributed by atoms with Crippen molar-refractivity contribution in [3.63, 3.8) is 0 Å². The molecule has 4 atom stereocenters. The number of carbonyl (C=O) groups excluding carboxylic acids is 4. The predicted octanol–water partition coefficient (Wildman–Crippen LogP) is 3.04. The Kier molecular flexibility index (Phi) is 4.35. The van der Waals surface area contributed by atoms with E-state index in [2.05, 4.69) is 12.2 Å². The normalized spacial score (nSPS) is 26.2. The van der Waals surface area contributed by atoms with E-state index in [-0.39, 0.29) is 53.4 Å². The number of carbonyl (C=O) groups is 4. The van der Waals surface area contributed by atoms with Gasteiger partial charge in [-0.1, -0.05) is 42.5 Å². The number of allylic oxidation sites excluding steroid dienone is 2. The fourth-order valence-electron chi connectivity index (χ4n) is 4.83. The molecule has 2 aromatic carbocycles. The third kappa shape index (κ3) is 2.87. The van der Waals surface area contributed by atoms with E-state index in [1.807, 2.05) is 0 Å². The molecule has 150 valence electrons. The standard InChI is InChI=1S/C24H19NO5/c26-19(14-4-2-1-3-5-14)13-30-24(29)15-8-10-18(11-9-15)25-22(27)20-16-6-7-17(12-16)21(20)23(25)28/h1-11,16-17,20-21H,12-13H2/t16-,17+,20-,21+. The Morgan fingerprint density at radius 1 is 0.833 bits per heavy atom. The van der Waals surface area contributed by atoms with Gasteiger partial charge in [-0.2, -0.15) is 0 Å². The minimum Gasteiger partial charge on any atom is -0.454 e. The minimum atomic E-state index is -0.635. The van der Waals surface area contributed by atoms with E-state index in [0.29, 0.717) is 11.3 Å². The second kappa shape index (κ2) is 7.06. The van der Waals surface area contributed by atoms with Crippen molar-refractivity contribution in [1.82, 2.24) is 0 Å². The van der Waals surface area contributed by atoms with Crippen LogP contribution in [-0.2, 0) is 14.3 Å². The maximum Gasteiger partial charge on any atom is 0.338 e. The number of rotatable bonds is 5. The number of Topliss-reactive ketones (excluding diaryl/α,β-unsaturated/α-hetero) is 1. The molecule has 0 N–H and O–H groups in total. The van der Waals surface area contributed by atoms with Crippen molar-refractivity contribution in [2.75, 3.05) is 11.5 Å². The van der Waals surface area contributed by atoms with Crippen LogP contribution >= 0.6 is 0 Å². The number of anilines is 1. The SMILES string of the molecule is O=C(COC(=O)c1ccc(N2C(=O)[C@@H]3[C@H](C2=O)[C@@H]2C=C[C@H]3C2)cc1)c1ccccc1. The van der Waals surface area contributed by atoms with Crippen LogP contribution in [-0.4, -0.2) is 30.2 Å². The maximum absolute atomic E-state index is 12.9. The molecule has 1 saturated carbocycles. The largest absolute Gasteiger partial charge is 0.454 e. The lowest BCUT2D eigenvalue weighted by Gasteiger charge is -2.17. The fourth-order valence-corrected chi connectivity index (χ4v) is 4.83. The summed E-state index contributed by atoms with van der Waals surface area (Å²) in [5.41, 5.74) is 1.18. The van der Waals surface area contributed by atoms with Crippen LogP contribution in [0.2, 0.25) is 0 Å². The van der Waals surface area contributed by atoms with Gasteiger partial charge in [0, 0.05) is 5.56 Å². The molecule has 0 radical (unpaired) electrons. The number of benzene rings is 2. The Morgan fingerprint density at radius 2 is 1.43 bits per heavy atom. The van der Waals surface area contributed by atoms with E-state index in [1.165, 1.54) is 17.0 Å². The van der Waals surface area contributed by atoms with Gasteiger partial charge in [-0.25, -0.2) is 4.79 Å². The lowest BCUT2D eigenvalue weighted by atomic mass is 9.85. The number of ether oxygens (including phenoxy) is 1. The molecule has 3 aliphatic rings. The van der Waals surface area contributed by atoms with Crippen LogP contribution in [0.15, 0.2) is 66.7 Å². The maximum atomic E-state index is 12.9. The average Bonchev–Trinajstić information content (AvgIpc) is 3.46. The Labute approximate surface area is 173 Å². The third-order valence-corrected chi connectivity index (χ3v) is 6.26. The van der Waals surface area contributed by atoms with Crippen LogP contribution in [0.1, 0.15) is 27.1 Å². The monoisotopic (exact) mass is 401 g/mol. The number of fused-ring (bicyclic) bond motifs is 5. The summed E-state index contributed by atoms with van der Waals surface area (Å²) in [4.78, 5) is 51.3. The fraction of sp³-hybridized carbons (Fsp3) is 0.250. The Bertz CT molecular complexity index is 1040. The van der Waals surface area contributed by atoms with E-state index >= 15 is 0 Å². The van der Waals surface area contributed by atoms with Crippen molar-refractivity contribution < 1.29 is 23.9 Å². The molecule has 30 heavy (non-hydrogen) atoms. The first kappa shape index (κ1) is 18.5. The molecule has 2 aliphatic carbocycles. The van der Waals surface area contributed by atoms with Gasteiger partial charge < -0.3 is 4.74 Å². The van der Waals surface area contributed by atoms with Crippen LogP contribution in [0.3, 0.4) is 0 Å². The quantitative estimate of drug-likeness (QED) is 0.333. The molecule has 1 saturated heterocycles. The Morgan fingerprint density at radius 3 is 2.03 bits per heavy atom. The van der Waals surface area contributed by atoms with Gasteiger partial charge in [-0.05, 0) is 42.5 Å². The second-order valence-electron chi connectivity index (χ2n) is 7.92. The van der Waals surface area contributed by atoms with E-state index in [1.54, 1.807) is 42.5 Å². The lowest BCUT2D eigenvalue weighted by Crippen LogP contribution is -2.32. The van der Waals surface area contributed by atoms with E-state index < -0.39 is 5.97 Å². The molecular weight excluding hydrogens is 382 g/mol. The number of esters is 1. The summed E-state index contributed by atoms with van der Waals surface area (Å²) in [6.45, 7) is -0.354. The van der Waals surface area contributed by atoms with Gasteiger partial charge in [-0.15, -0.1) is 0 Å². The first-order valence-electron chi connectivity index (χ1n) is 9.96. The van der Waals surface area contributed by atoms with E-state index in [0.717, 1.165) is 6.42 Å². The van der Waals surface area contributed by atoms with Gasteiger partial charge >= 0.3 is 5.97 Å². The smallest absolute Gasteiger partial charge is 0.338 e. The Hall–Kier alpha value is -3.54. The molecule has 2 bridgehead atoms. The van der Waals surface area contributed by atoms with Crippen molar-refractivity contribution in [1.29, 1.82) is 0 Å². The minimum absolute atomic E-state index is 0.151. The van der Waals surface area contributed by atoms with E-state index in [4.69, 9.17) is 4.74 Å². The van der Waals surface area contributed by atoms with Gasteiger partial charge in [0.1, 0.15) is 0 Å². The van der Waals surface area contributed by atoms with Crippen molar-refractivity contribution in [3.05, 3.63) is 77.9 Å². The summed E-state index contributed by atoms with van der Waals surface area (Å²) in [6, 6.07) is 14.8. The first-order chi connectivity index (χ1) is 14.5. The molecule has 0 unspecified atom stereocenters. The highest BCUT2D eigenvalue weighted by molar-refractivity contribution is 6.22. The van der Waals surface area contributed by atoms with Crippen molar-refractivity contribution in [3.8, 4) is 0 Å². The summed E-state index contributed by atoms with van der Waals surface area (Å²) < 4.78 is 5.10. The molecule has 2 aromatic rings. The topological polar surface area (TPSA) is 80.8 Å². The van der Waals surface area contributed by atoms with Crippen LogP contribution in [0.4, 0.5) is 5.69 Å². The summed E-state index contributed by atoms with van der Waals surface area (Å²) in [5, 5.41) is 0. The number of amides is 2. The number of imide groups is 1. The zero-order valence-electron chi connectivity index (χ0n) is 16.1. The highest BCUT2D eigenvalue weighted by atomic mass is 16.5. The molecule has 6 heteroatoms. The molecule has 5 rings (SSSR count). The zero-order valence-corrected chi connectivity index (χ0v) is 16.1. The second-order valence-corrected chi connectivity index (χ2v) is 7.92. The molecule has 2 amide bonds. The summed E-state index contributed by atoms with van der Waals surface area (Å²) in [6.07, 6.45) is 4.99. The molecule has 0 spiro atoms. The van der Waals surface area contributed by atoms with Crippen LogP contribution in [0.25, 0.3) is 0 Å². The van der Waals surface area contributed by atoms with Crippen LogP contribution in [0, 0.1) is 23.7 Å². The third-order valence-electron chi connectivity index (χ3n) is 6.26. The predicted molar refractivity (Wildman–Crippen MR) is 108 cm³/mol. The number of nitrogens with zero attached hydrogens (tertiary/aromatic N) is 1. The molecule has 0 aromatic heterocycles. The van der Waals surface area contributed by atoms with E-state index in [9.17, 15) is 19.2 Å². The molecule has 2 fully saturated rings. The summed E-state index contributed by atoms with van der Waals surface area (Å²) >= 11 is 0. The van der Waals surface area contributed by atoms with Gasteiger partial charge in [0.2, 0.25) is 11.8 Å². The average molecular weight is 401 g/mol. The summed E-state index contributed by atoms with van der Waals surface area (Å²) in [5.74, 6) is -1.47. The Balaban J connectivity index is 1.26. The number of hydrogen-bond acceptors (Lipinski definition) is 5. The molecule has 6 nitrogen and oxygen atoms in total. The van der Waals surface area contributed by atoms with Crippen molar-refractivity contribution in [2.24, 2.45) is 23.7 Å². The van der Waals surface area contributed by atoms with Crippen molar-refractivity contribution >= 4 is 29.3 Å². The summed E-state index contributed by atoms with van der Waals surface area (Å²) in [7, 11) is 0. The van der Waals surface area contributed by atoms with Crippen molar-refractivity contribution in [2.45, 2.75) is 6.42 Å².